The van der Waals surface area contributed by atoms with Crippen LogP contribution in [0.3, 0.4) is 0 Å². The second-order valence-electron chi connectivity index (χ2n) is 4.05. The zero-order chi connectivity index (χ0) is 12.5. The van der Waals surface area contributed by atoms with Gasteiger partial charge in [-0.1, -0.05) is 6.07 Å². The summed E-state index contributed by atoms with van der Waals surface area (Å²) >= 11 is 0. The molecule has 0 saturated carbocycles. The fraction of sp³-hybridized carbons (Fsp3) is 0.0714. The molecule has 3 rings (SSSR count). The van der Waals surface area contributed by atoms with Crippen molar-refractivity contribution in [3.05, 3.63) is 53.7 Å². The van der Waals surface area contributed by atoms with E-state index in [2.05, 4.69) is 11.1 Å². The Morgan fingerprint density at radius 3 is 2.89 bits per heavy atom. The van der Waals surface area contributed by atoms with Crippen molar-refractivity contribution in [1.29, 1.82) is 5.26 Å². The van der Waals surface area contributed by atoms with E-state index < -0.39 is 0 Å². The predicted octanol–water partition coefficient (Wildman–Crippen LogP) is 2.17. The van der Waals surface area contributed by atoms with Gasteiger partial charge in [-0.05, 0) is 35.9 Å². The third kappa shape index (κ3) is 1.54. The number of nitriles is 1. The molecule has 1 aliphatic heterocycles. The number of pyridine rings is 1. The molecule has 0 bridgehead atoms. The van der Waals surface area contributed by atoms with Gasteiger partial charge in [-0.15, -0.1) is 0 Å². The van der Waals surface area contributed by atoms with E-state index in [4.69, 9.17) is 5.26 Å². The molecule has 86 valence electrons. The minimum atomic E-state index is -0.0150. The lowest BCUT2D eigenvalue weighted by Gasteiger charge is -2.15. The molecule has 0 radical (unpaired) electrons. The Hall–Kier alpha value is -2.67. The van der Waals surface area contributed by atoms with Gasteiger partial charge in [-0.2, -0.15) is 5.26 Å². The van der Waals surface area contributed by atoms with E-state index >= 15 is 0 Å². The van der Waals surface area contributed by atoms with Crippen LogP contribution in [0.4, 0.5) is 11.5 Å². The number of amides is 1. The maximum atomic E-state index is 12.0. The first-order valence-corrected chi connectivity index (χ1v) is 5.56. The van der Waals surface area contributed by atoms with E-state index in [0.29, 0.717) is 17.8 Å². The molecule has 1 aliphatic rings. The number of nitrogens with zero attached hydrogens (tertiary/aromatic N) is 3. The average Bonchev–Trinajstić information content (AvgIpc) is 2.74. The van der Waals surface area contributed by atoms with Gasteiger partial charge in [0.25, 0.3) is 0 Å². The van der Waals surface area contributed by atoms with E-state index in [1.807, 2.05) is 12.1 Å². The van der Waals surface area contributed by atoms with Gasteiger partial charge in [0, 0.05) is 6.20 Å². The lowest BCUT2D eigenvalue weighted by Crippen LogP contribution is -2.21. The van der Waals surface area contributed by atoms with Crippen molar-refractivity contribution in [2.24, 2.45) is 0 Å². The second-order valence-corrected chi connectivity index (χ2v) is 4.05. The summed E-state index contributed by atoms with van der Waals surface area (Å²) in [5.41, 5.74) is 2.27. The molecule has 2 aromatic rings. The Kier molecular flexibility index (Phi) is 2.31. The molecular formula is C14H9N3O. The Bertz CT molecular complexity index is 658. The number of rotatable bonds is 1. The molecule has 0 atom stereocenters. The van der Waals surface area contributed by atoms with Gasteiger partial charge < -0.3 is 0 Å². The molecule has 0 fully saturated rings. The Labute approximate surface area is 104 Å². The van der Waals surface area contributed by atoms with Gasteiger partial charge in [-0.25, -0.2) is 4.98 Å². The number of carbonyl (C=O) groups is 1. The number of hydrogen-bond donors (Lipinski definition) is 0. The normalized spacial score (nSPS) is 13.3. The number of aromatic nitrogens is 1. The van der Waals surface area contributed by atoms with Crippen LogP contribution in [0.15, 0.2) is 42.6 Å². The molecule has 4 nitrogen and oxygen atoms in total. The van der Waals surface area contributed by atoms with Crippen molar-refractivity contribution >= 4 is 17.4 Å². The minimum absolute atomic E-state index is 0.0150. The molecule has 2 heterocycles. The topological polar surface area (TPSA) is 57.0 Å². The number of carbonyl (C=O) groups excluding carboxylic acids is 1. The van der Waals surface area contributed by atoms with Gasteiger partial charge in [-0.3, -0.25) is 9.69 Å². The molecule has 0 saturated heterocycles. The standard InChI is InChI=1S/C14H9N3O/c15-9-10-4-5-12-11(7-10)8-14(18)17(12)13-3-1-2-6-16-13/h1-7H,8H2. The van der Waals surface area contributed by atoms with Crippen LogP contribution in [0, 0.1) is 11.3 Å². The third-order valence-electron chi connectivity index (χ3n) is 2.92. The summed E-state index contributed by atoms with van der Waals surface area (Å²) in [6.07, 6.45) is 1.98. The summed E-state index contributed by atoms with van der Waals surface area (Å²) in [6.45, 7) is 0. The van der Waals surface area contributed by atoms with Crippen molar-refractivity contribution in [2.45, 2.75) is 6.42 Å². The Balaban J connectivity index is 2.11. The van der Waals surface area contributed by atoms with Crippen molar-refractivity contribution < 1.29 is 4.79 Å². The predicted molar refractivity (Wildman–Crippen MR) is 66.2 cm³/mol. The van der Waals surface area contributed by atoms with Crippen LogP contribution < -0.4 is 4.90 Å². The molecule has 1 amide bonds. The van der Waals surface area contributed by atoms with Crippen LogP contribution in [-0.2, 0) is 11.2 Å². The van der Waals surface area contributed by atoms with Gasteiger partial charge in [0.2, 0.25) is 5.91 Å². The summed E-state index contributed by atoms with van der Waals surface area (Å²) in [5.74, 6) is 0.602. The number of hydrogen-bond acceptors (Lipinski definition) is 3. The highest BCUT2D eigenvalue weighted by atomic mass is 16.2. The molecule has 0 N–H and O–H groups in total. The monoisotopic (exact) mass is 235 g/mol. The van der Waals surface area contributed by atoms with E-state index in [-0.39, 0.29) is 5.91 Å². The van der Waals surface area contributed by atoms with Crippen LogP contribution in [0.2, 0.25) is 0 Å². The molecular weight excluding hydrogens is 226 g/mol. The van der Waals surface area contributed by atoms with Crippen molar-refractivity contribution in [2.75, 3.05) is 4.90 Å². The minimum Gasteiger partial charge on any atom is -0.274 e. The van der Waals surface area contributed by atoms with Gasteiger partial charge in [0.15, 0.2) is 0 Å². The molecule has 4 heteroatoms. The molecule has 0 spiro atoms. The molecule has 0 aliphatic carbocycles. The summed E-state index contributed by atoms with van der Waals surface area (Å²) in [7, 11) is 0. The van der Waals surface area contributed by atoms with Gasteiger partial charge in [0.05, 0.1) is 23.7 Å². The lowest BCUT2D eigenvalue weighted by atomic mass is 10.1. The second kappa shape index (κ2) is 3.97. The Morgan fingerprint density at radius 1 is 1.28 bits per heavy atom. The van der Waals surface area contributed by atoms with E-state index in [1.54, 1.807) is 35.4 Å². The van der Waals surface area contributed by atoms with Crippen LogP contribution in [0.25, 0.3) is 0 Å². The van der Waals surface area contributed by atoms with E-state index in [1.165, 1.54) is 0 Å². The maximum absolute atomic E-state index is 12.0. The molecule has 0 unspecified atom stereocenters. The summed E-state index contributed by atoms with van der Waals surface area (Å²) in [4.78, 5) is 17.8. The van der Waals surface area contributed by atoms with Crippen LogP contribution in [0.1, 0.15) is 11.1 Å². The zero-order valence-electron chi connectivity index (χ0n) is 9.50. The number of fused-ring (bicyclic) bond motifs is 1. The highest BCUT2D eigenvalue weighted by Crippen LogP contribution is 2.34. The Morgan fingerprint density at radius 2 is 2.17 bits per heavy atom. The fourth-order valence-corrected chi connectivity index (χ4v) is 2.13. The van der Waals surface area contributed by atoms with E-state index in [9.17, 15) is 4.79 Å². The number of anilines is 2. The third-order valence-corrected chi connectivity index (χ3v) is 2.92. The summed E-state index contributed by atoms with van der Waals surface area (Å²) in [5, 5.41) is 8.86. The number of benzene rings is 1. The first-order valence-electron chi connectivity index (χ1n) is 5.56. The zero-order valence-corrected chi connectivity index (χ0v) is 9.50. The highest BCUT2D eigenvalue weighted by molar-refractivity contribution is 6.06. The summed E-state index contributed by atoms with van der Waals surface area (Å²) in [6, 6.07) is 12.8. The van der Waals surface area contributed by atoms with Gasteiger partial charge >= 0.3 is 0 Å². The fourth-order valence-electron chi connectivity index (χ4n) is 2.13. The molecule has 1 aromatic carbocycles. The highest BCUT2D eigenvalue weighted by Gasteiger charge is 2.29. The quantitative estimate of drug-likeness (QED) is 0.761. The first kappa shape index (κ1) is 10.5. The molecule has 18 heavy (non-hydrogen) atoms. The SMILES string of the molecule is N#Cc1ccc2c(c1)CC(=O)N2c1ccccn1. The molecule has 1 aromatic heterocycles. The van der Waals surface area contributed by atoms with Gasteiger partial charge in [0.1, 0.15) is 5.82 Å². The van der Waals surface area contributed by atoms with Crippen LogP contribution >= 0.6 is 0 Å². The van der Waals surface area contributed by atoms with Crippen molar-refractivity contribution in [3.8, 4) is 6.07 Å². The largest absolute Gasteiger partial charge is 0.274 e. The first-order chi connectivity index (χ1) is 8.79. The smallest absolute Gasteiger partial charge is 0.237 e. The van der Waals surface area contributed by atoms with Crippen LogP contribution in [-0.4, -0.2) is 10.9 Å². The van der Waals surface area contributed by atoms with Crippen molar-refractivity contribution in [1.82, 2.24) is 4.98 Å². The maximum Gasteiger partial charge on any atom is 0.237 e. The van der Waals surface area contributed by atoms with Crippen LogP contribution in [0.5, 0.6) is 0 Å². The lowest BCUT2D eigenvalue weighted by molar-refractivity contribution is -0.116. The average molecular weight is 235 g/mol. The van der Waals surface area contributed by atoms with Crippen molar-refractivity contribution in [3.63, 3.8) is 0 Å². The van der Waals surface area contributed by atoms with E-state index in [0.717, 1.165) is 11.3 Å². The summed E-state index contributed by atoms with van der Waals surface area (Å²) < 4.78 is 0.